The van der Waals surface area contributed by atoms with Gasteiger partial charge in [0.25, 0.3) is 10.0 Å². The zero-order valence-corrected chi connectivity index (χ0v) is 14.5. The van der Waals surface area contributed by atoms with Crippen LogP contribution in [-0.4, -0.2) is 8.42 Å². The van der Waals surface area contributed by atoms with Crippen molar-refractivity contribution in [2.45, 2.75) is 25.7 Å². The van der Waals surface area contributed by atoms with Crippen LogP contribution >= 0.6 is 15.9 Å². The van der Waals surface area contributed by atoms with Crippen LogP contribution in [0, 0.1) is 20.8 Å². The van der Waals surface area contributed by atoms with Gasteiger partial charge in [0.2, 0.25) is 0 Å². The van der Waals surface area contributed by atoms with Crippen LogP contribution in [0.1, 0.15) is 16.7 Å². The average Bonchev–Trinajstić information content (AvgIpc) is 2.39. The second kappa shape index (κ2) is 5.69. The summed E-state index contributed by atoms with van der Waals surface area (Å²) < 4.78 is 28.1. The first-order valence-corrected chi connectivity index (χ1v) is 8.64. The highest BCUT2D eigenvalue weighted by Gasteiger charge is 2.17. The quantitative estimate of drug-likeness (QED) is 0.810. The Bertz CT molecular complexity index is 802. The number of halogens is 1. The van der Waals surface area contributed by atoms with Crippen LogP contribution in [0.2, 0.25) is 0 Å². The molecule has 0 radical (unpaired) electrons. The summed E-state index contributed by atoms with van der Waals surface area (Å²) in [5.74, 6) is 0. The second-order valence-electron chi connectivity index (χ2n) is 5.04. The summed E-state index contributed by atoms with van der Waals surface area (Å²) in [4.78, 5) is 0.233. The summed E-state index contributed by atoms with van der Waals surface area (Å²) in [5, 5.41) is 0. The van der Waals surface area contributed by atoms with Gasteiger partial charge in [-0.05, 0) is 77.7 Å². The number of nitrogen functional groups attached to an aromatic ring is 1. The number of anilines is 2. The Morgan fingerprint density at radius 2 is 1.67 bits per heavy atom. The Hall–Kier alpha value is -1.53. The molecule has 4 nitrogen and oxygen atoms in total. The minimum atomic E-state index is -3.64. The first-order valence-electron chi connectivity index (χ1n) is 6.36. The van der Waals surface area contributed by atoms with E-state index in [1.807, 2.05) is 20.8 Å². The molecule has 0 saturated heterocycles. The molecule has 0 spiro atoms. The van der Waals surface area contributed by atoms with E-state index in [1.165, 1.54) is 0 Å². The predicted molar refractivity (Wildman–Crippen MR) is 90.0 cm³/mol. The van der Waals surface area contributed by atoms with Crippen LogP contribution < -0.4 is 10.5 Å². The molecule has 0 aromatic heterocycles. The first kappa shape index (κ1) is 15.9. The van der Waals surface area contributed by atoms with Gasteiger partial charge in [0.1, 0.15) is 0 Å². The van der Waals surface area contributed by atoms with Gasteiger partial charge >= 0.3 is 0 Å². The van der Waals surface area contributed by atoms with E-state index in [4.69, 9.17) is 5.73 Å². The zero-order valence-electron chi connectivity index (χ0n) is 12.1. The van der Waals surface area contributed by atoms with Crippen LogP contribution in [-0.2, 0) is 10.0 Å². The highest BCUT2D eigenvalue weighted by atomic mass is 79.9. The number of nitrogens with one attached hydrogen (secondary N) is 1. The molecule has 0 aliphatic heterocycles. The van der Waals surface area contributed by atoms with E-state index in [0.29, 0.717) is 15.8 Å². The summed E-state index contributed by atoms with van der Waals surface area (Å²) in [6.45, 7) is 5.69. The number of rotatable bonds is 3. The molecule has 0 bridgehead atoms. The summed E-state index contributed by atoms with van der Waals surface area (Å²) in [6, 6.07) is 8.44. The fraction of sp³-hybridized carbons (Fsp3) is 0.200. The molecule has 0 heterocycles. The minimum absolute atomic E-state index is 0.233. The van der Waals surface area contributed by atoms with Gasteiger partial charge in [0.15, 0.2) is 0 Å². The number of hydrogen-bond donors (Lipinski definition) is 2. The third-order valence-corrected chi connectivity index (χ3v) is 5.41. The fourth-order valence-corrected chi connectivity index (χ4v) is 3.70. The van der Waals surface area contributed by atoms with Crippen LogP contribution in [0.4, 0.5) is 11.4 Å². The third-order valence-electron chi connectivity index (χ3n) is 3.39. The van der Waals surface area contributed by atoms with Crippen molar-refractivity contribution in [1.82, 2.24) is 0 Å². The Labute approximate surface area is 133 Å². The summed E-state index contributed by atoms with van der Waals surface area (Å²) in [5.41, 5.74) is 9.67. The predicted octanol–water partition coefficient (Wildman–Crippen LogP) is 3.76. The zero-order chi connectivity index (χ0) is 15.8. The van der Waals surface area contributed by atoms with E-state index in [1.54, 1.807) is 30.3 Å². The first-order chi connectivity index (χ1) is 9.70. The number of benzene rings is 2. The molecule has 0 fully saturated rings. The normalized spacial score (nSPS) is 11.4. The van der Waals surface area contributed by atoms with Gasteiger partial charge in [-0.25, -0.2) is 8.42 Å². The Balaban J connectivity index is 2.42. The minimum Gasteiger partial charge on any atom is -0.398 e. The van der Waals surface area contributed by atoms with E-state index in [-0.39, 0.29) is 4.90 Å². The third kappa shape index (κ3) is 3.39. The highest BCUT2D eigenvalue weighted by molar-refractivity contribution is 9.10. The Morgan fingerprint density at radius 3 is 2.29 bits per heavy atom. The van der Waals surface area contributed by atoms with E-state index in [0.717, 1.165) is 16.7 Å². The SMILES string of the molecule is Cc1ccc(S(=O)(=O)Nc2cc(N)c(C)cc2Br)cc1C. The Morgan fingerprint density at radius 1 is 1.00 bits per heavy atom. The molecule has 0 aliphatic rings. The average molecular weight is 369 g/mol. The monoisotopic (exact) mass is 368 g/mol. The van der Waals surface area contributed by atoms with E-state index in [9.17, 15) is 8.42 Å². The lowest BCUT2D eigenvalue weighted by Crippen LogP contribution is -2.14. The molecular formula is C15H17BrN2O2S. The van der Waals surface area contributed by atoms with Crippen LogP contribution in [0.25, 0.3) is 0 Å². The van der Waals surface area contributed by atoms with Gasteiger partial charge < -0.3 is 5.73 Å². The van der Waals surface area contributed by atoms with Crippen LogP contribution in [0.15, 0.2) is 39.7 Å². The van der Waals surface area contributed by atoms with Crippen molar-refractivity contribution in [1.29, 1.82) is 0 Å². The lowest BCUT2D eigenvalue weighted by Gasteiger charge is -2.13. The van der Waals surface area contributed by atoms with Gasteiger partial charge in [0, 0.05) is 10.2 Å². The van der Waals surface area contributed by atoms with Gasteiger partial charge in [-0.1, -0.05) is 6.07 Å². The molecular weight excluding hydrogens is 352 g/mol. The van der Waals surface area contributed by atoms with E-state index >= 15 is 0 Å². The van der Waals surface area contributed by atoms with Crippen LogP contribution in [0.3, 0.4) is 0 Å². The topological polar surface area (TPSA) is 72.2 Å². The van der Waals surface area contributed by atoms with Gasteiger partial charge in [-0.15, -0.1) is 0 Å². The smallest absolute Gasteiger partial charge is 0.261 e. The molecule has 0 unspecified atom stereocenters. The van der Waals surface area contributed by atoms with Gasteiger partial charge in [0.05, 0.1) is 10.6 Å². The maximum Gasteiger partial charge on any atom is 0.261 e. The number of hydrogen-bond acceptors (Lipinski definition) is 3. The van der Waals surface area contributed by atoms with Crippen molar-refractivity contribution in [2.24, 2.45) is 0 Å². The molecule has 0 aliphatic carbocycles. The Kier molecular flexibility index (Phi) is 4.30. The lowest BCUT2D eigenvalue weighted by atomic mass is 10.1. The molecule has 2 aromatic rings. The number of aryl methyl sites for hydroxylation is 3. The number of nitrogens with two attached hydrogens (primary N) is 1. The van der Waals surface area contributed by atoms with Crippen molar-refractivity contribution in [3.8, 4) is 0 Å². The molecule has 112 valence electrons. The van der Waals surface area contributed by atoms with Crippen LogP contribution in [0.5, 0.6) is 0 Å². The molecule has 0 saturated carbocycles. The summed E-state index contributed by atoms with van der Waals surface area (Å²) in [6.07, 6.45) is 0. The van der Waals surface area contributed by atoms with Crippen molar-refractivity contribution < 1.29 is 8.42 Å². The number of sulfonamides is 1. The highest BCUT2D eigenvalue weighted by Crippen LogP contribution is 2.30. The van der Waals surface area contributed by atoms with E-state index in [2.05, 4.69) is 20.7 Å². The van der Waals surface area contributed by atoms with Crippen molar-refractivity contribution in [2.75, 3.05) is 10.5 Å². The molecule has 3 N–H and O–H groups in total. The molecule has 0 atom stereocenters. The molecule has 0 amide bonds. The fourth-order valence-electron chi connectivity index (χ4n) is 1.85. The second-order valence-corrected chi connectivity index (χ2v) is 7.58. The maximum atomic E-state index is 12.4. The molecule has 6 heteroatoms. The molecule has 2 rings (SSSR count). The molecule has 21 heavy (non-hydrogen) atoms. The van der Waals surface area contributed by atoms with Gasteiger partial charge in [-0.3, -0.25) is 4.72 Å². The van der Waals surface area contributed by atoms with Crippen molar-refractivity contribution in [3.05, 3.63) is 51.5 Å². The summed E-state index contributed by atoms with van der Waals surface area (Å²) >= 11 is 3.35. The van der Waals surface area contributed by atoms with Gasteiger partial charge in [-0.2, -0.15) is 0 Å². The van der Waals surface area contributed by atoms with Crippen molar-refractivity contribution in [3.63, 3.8) is 0 Å². The van der Waals surface area contributed by atoms with E-state index < -0.39 is 10.0 Å². The standard InChI is InChI=1S/C15H17BrN2O2S/c1-9-4-5-12(6-10(9)2)21(19,20)18-15-8-14(17)11(3)7-13(15)16/h4-8,18H,17H2,1-3H3. The summed E-state index contributed by atoms with van der Waals surface area (Å²) in [7, 11) is -3.64. The lowest BCUT2D eigenvalue weighted by molar-refractivity contribution is 0.601. The maximum absolute atomic E-state index is 12.4. The largest absolute Gasteiger partial charge is 0.398 e. The van der Waals surface area contributed by atoms with Crippen molar-refractivity contribution >= 4 is 37.3 Å². The molecule has 2 aromatic carbocycles.